The quantitative estimate of drug-likeness (QED) is 0.286. The number of likely N-dealkylation sites (tertiary alicyclic amines) is 1. The number of nitrogens with zero attached hydrogens (tertiary/aromatic N) is 3. The first-order chi connectivity index (χ1) is 16.7. The third kappa shape index (κ3) is 5.37. The SMILES string of the molecule is CC(C)C[C@H](NC(=O)[C@]1(C(=O)c2ccccc2)C(N=Nc2ccccc2)CCN1C(N)=O)C(=O)O. The topological polar surface area (TPSA) is 155 Å². The molecule has 0 radical (unpaired) electrons. The molecule has 184 valence electrons. The summed E-state index contributed by atoms with van der Waals surface area (Å²) in [5.74, 6) is -2.97. The predicted octanol–water partition coefficient (Wildman–Crippen LogP) is 3.16. The standard InChI is InChI=1S/C25H29N5O5/c1-16(2)15-19(22(32)33)27-23(34)25(21(31)17-9-5-3-6-10-17)20(13-14-30(25)24(26)35)29-28-18-11-7-4-8-12-18/h3-12,16,19-20H,13-15H2,1-2H3,(H2,26,35)(H,27,34)(H,32,33)/t19-,20?,25+/m0/s1. The van der Waals surface area contributed by atoms with Gasteiger partial charge >= 0.3 is 12.0 Å². The molecule has 3 amide bonds. The van der Waals surface area contributed by atoms with Crippen LogP contribution in [-0.4, -0.2) is 57.9 Å². The first-order valence-electron chi connectivity index (χ1n) is 11.3. The van der Waals surface area contributed by atoms with Gasteiger partial charge in [-0.15, -0.1) is 0 Å². The monoisotopic (exact) mass is 479 g/mol. The molecule has 0 spiro atoms. The second-order valence-corrected chi connectivity index (χ2v) is 8.80. The van der Waals surface area contributed by atoms with Crippen molar-refractivity contribution in [2.75, 3.05) is 6.54 Å². The van der Waals surface area contributed by atoms with Crippen molar-refractivity contribution in [3.63, 3.8) is 0 Å². The van der Waals surface area contributed by atoms with Gasteiger partial charge in [0.25, 0.3) is 5.91 Å². The van der Waals surface area contributed by atoms with Crippen LogP contribution in [0.2, 0.25) is 0 Å². The Morgan fingerprint density at radius 2 is 1.69 bits per heavy atom. The highest BCUT2D eigenvalue weighted by Gasteiger charge is 2.62. The Balaban J connectivity index is 2.14. The maximum absolute atomic E-state index is 14.0. The van der Waals surface area contributed by atoms with Crippen LogP contribution in [0.15, 0.2) is 70.9 Å². The second kappa shape index (κ2) is 10.9. The van der Waals surface area contributed by atoms with E-state index in [1.54, 1.807) is 48.5 Å². The number of hydrogen-bond acceptors (Lipinski definition) is 6. The molecule has 2 aromatic rings. The number of carboxylic acid groups (broad SMARTS) is 1. The van der Waals surface area contributed by atoms with Gasteiger partial charge < -0.3 is 21.1 Å². The second-order valence-electron chi connectivity index (χ2n) is 8.80. The van der Waals surface area contributed by atoms with Crippen LogP contribution < -0.4 is 11.1 Å². The first-order valence-corrected chi connectivity index (χ1v) is 11.3. The van der Waals surface area contributed by atoms with Crippen LogP contribution in [0.4, 0.5) is 10.5 Å². The molecule has 1 fully saturated rings. The summed E-state index contributed by atoms with van der Waals surface area (Å²) in [6.45, 7) is 3.60. The van der Waals surface area contributed by atoms with E-state index in [0.717, 1.165) is 4.90 Å². The lowest BCUT2D eigenvalue weighted by Crippen LogP contribution is -2.68. The molecule has 4 N–H and O–H groups in total. The number of rotatable bonds is 9. The maximum atomic E-state index is 14.0. The number of urea groups is 1. The Bertz CT molecular complexity index is 1110. The lowest BCUT2D eigenvalue weighted by atomic mass is 9.81. The van der Waals surface area contributed by atoms with Gasteiger partial charge in [-0.2, -0.15) is 10.2 Å². The Kier molecular flexibility index (Phi) is 7.95. The minimum atomic E-state index is -2.20. The number of amides is 3. The number of nitrogens with two attached hydrogens (primary N) is 1. The van der Waals surface area contributed by atoms with E-state index in [-0.39, 0.29) is 30.9 Å². The summed E-state index contributed by atoms with van der Waals surface area (Å²) in [6, 6.07) is 13.4. The molecule has 1 aliphatic rings. The average Bonchev–Trinajstić information content (AvgIpc) is 3.23. The molecule has 0 aromatic heterocycles. The van der Waals surface area contributed by atoms with Crippen LogP contribution in [0.3, 0.4) is 0 Å². The van der Waals surface area contributed by atoms with Gasteiger partial charge in [0.1, 0.15) is 12.1 Å². The molecule has 0 bridgehead atoms. The number of aliphatic carboxylic acids is 1. The largest absolute Gasteiger partial charge is 0.480 e. The number of benzene rings is 2. The third-order valence-corrected chi connectivity index (χ3v) is 5.91. The van der Waals surface area contributed by atoms with Crippen molar-refractivity contribution in [1.29, 1.82) is 0 Å². The Labute approximate surface area is 203 Å². The van der Waals surface area contributed by atoms with Crippen molar-refractivity contribution in [3.8, 4) is 0 Å². The Morgan fingerprint density at radius 3 is 2.23 bits per heavy atom. The molecule has 1 saturated heterocycles. The summed E-state index contributed by atoms with van der Waals surface area (Å²) in [5, 5.41) is 20.7. The van der Waals surface area contributed by atoms with Crippen molar-refractivity contribution in [2.45, 2.75) is 44.3 Å². The van der Waals surface area contributed by atoms with Gasteiger partial charge in [-0.1, -0.05) is 62.4 Å². The van der Waals surface area contributed by atoms with Crippen LogP contribution in [-0.2, 0) is 9.59 Å². The molecule has 0 saturated carbocycles. The van der Waals surface area contributed by atoms with Gasteiger partial charge in [-0.25, -0.2) is 9.59 Å². The van der Waals surface area contributed by atoms with E-state index >= 15 is 0 Å². The zero-order valence-corrected chi connectivity index (χ0v) is 19.6. The minimum absolute atomic E-state index is 0.0261. The lowest BCUT2D eigenvalue weighted by Gasteiger charge is -2.37. The van der Waals surface area contributed by atoms with E-state index in [1.165, 1.54) is 12.1 Å². The summed E-state index contributed by atoms with van der Waals surface area (Å²) in [5.41, 5.74) is 4.09. The number of Topliss-reactive ketones (excluding diaryl/α,β-unsaturated/α-hetero) is 1. The number of primary amides is 1. The maximum Gasteiger partial charge on any atom is 0.326 e. The molecule has 1 aliphatic heterocycles. The first kappa shape index (κ1) is 25.5. The fourth-order valence-corrected chi connectivity index (χ4v) is 4.29. The lowest BCUT2D eigenvalue weighted by molar-refractivity contribution is -0.143. The summed E-state index contributed by atoms with van der Waals surface area (Å²) >= 11 is 0. The van der Waals surface area contributed by atoms with Gasteiger partial charge in [0.15, 0.2) is 0 Å². The minimum Gasteiger partial charge on any atom is -0.480 e. The van der Waals surface area contributed by atoms with Gasteiger partial charge in [0.2, 0.25) is 11.3 Å². The average molecular weight is 480 g/mol. The van der Waals surface area contributed by atoms with Gasteiger partial charge in [-0.05, 0) is 30.9 Å². The van der Waals surface area contributed by atoms with Crippen molar-refractivity contribution < 1.29 is 24.3 Å². The number of hydrogen-bond donors (Lipinski definition) is 3. The van der Waals surface area contributed by atoms with Crippen molar-refractivity contribution >= 4 is 29.4 Å². The van der Waals surface area contributed by atoms with Crippen LogP contribution in [0, 0.1) is 5.92 Å². The predicted molar refractivity (Wildman–Crippen MR) is 128 cm³/mol. The summed E-state index contributed by atoms with van der Waals surface area (Å²) in [6.07, 6.45) is 0.261. The number of nitrogens with one attached hydrogen (secondary N) is 1. The zero-order chi connectivity index (χ0) is 25.6. The molecule has 2 aromatic carbocycles. The molecular formula is C25H29N5O5. The zero-order valence-electron chi connectivity index (χ0n) is 19.6. The molecule has 3 rings (SSSR count). The Hall–Kier alpha value is -4.08. The third-order valence-electron chi connectivity index (χ3n) is 5.91. The normalized spacial score (nSPS) is 20.7. The highest BCUT2D eigenvalue weighted by Crippen LogP contribution is 2.37. The van der Waals surface area contributed by atoms with Crippen LogP contribution in [0.1, 0.15) is 37.0 Å². The number of carbonyl (C=O) groups excluding carboxylic acids is 3. The summed E-state index contributed by atoms with van der Waals surface area (Å²) < 4.78 is 0. The van der Waals surface area contributed by atoms with Gasteiger partial charge in [0.05, 0.1) is 5.69 Å². The fraction of sp³-hybridized carbons (Fsp3) is 0.360. The molecular weight excluding hydrogens is 450 g/mol. The van der Waals surface area contributed by atoms with Crippen LogP contribution in [0.5, 0.6) is 0 Å². The molecule has 35 heavy (non-hydrogen) atoms. The highest BCUT2D eigenvalue weighted by atomic mass is 16.4. The van der Waals surface area contributed by atoms with Crippen LogP contribution in [0.25, 0.3) is 0 Å². The number of ketones is 1. The van der Waals surface area contributed by atoms with Gasteiger partial charge in [-0.3, -0.25) is 9.59 Å². The van der Waals surface area contributed by atoms with Crippen molar-refractivity contribution in [3.05, 3.63) is 66.2 Å². The molecule has 1 heterocycles. The summed E-state index contributed by atoms with van der Waals surface area (Å²) in [7, 11) is 0. The van der Waals surface area contributed by atoms with E-state index in [1.807, 2.05) is 13.8 Å². The molecule has 10 nitrogen and oxygen atoms in total. The molecule has 0 aliphatic carbocycles. The molecule has 1 unspecified atom stereocenters. The van der Waals surface area contributed by atoms with E-state index in [9.17, 15) is 24.3 Å². The summed E-state index contributed by atoms with van der Waals surface area (Å²) in [4.78, 5) is 53.2. The van der Waals surface area contributed by atoms with E-state index in [2.05, 4.69) is 15.5 Å². The fourth-order valence-electron chi connectivity index (χ4n) is 4.29. The molecule has 3 atom stereocenters. The van der Waals surface area contributed by atoms with Crippen molar-refractivity contribution in [1.82, 2.24) is 10.2 Å². The molecule has 10 heteroatoms. The van der Waals surface area contributed by atoms with Crippen molar-refractivity contribution in [2.24, 2.45) is 21.9 Å². The number of carbonyl (C=O) groups is 4. The smallest absolute Gasteiger partial charge is 0.326 e. The number of carboxylic acids is 1. The Morgan fingerprint density at radius 1 is 1.09 bits per heavy atom. The van der Waals surface area contributed by atoms with Gasteiger partial charge in [0, 0.05) is 12.1 Å². The van der Waals surface area contributed by atoms with E-state index < -0.39 is 41.3 Å². The van der Waals surface area contributed by atoms with Crippen LogP contribution >= 0.6 is 0 Å². The highest BCUT2D eigenvalue weighted by molar-refractivity contribution is 6.21. The van der Waals surface area contributed by atoms with E-state index in [0.29, 0.717) is 5.69 Å². The van der Waals surface area contributed by atoms with E-state index in [4.69, 9.17) is 5.73 Å². The number of azo groups is 1.